The quantitative estimate of drug-likeness (QED) is 0.632. The predicted octanol–water partition coefficient (Wildman–Crippen LogP) is 3.49. The van der Waals surface area contributed by atoms with Crippen LogP contribution < -0.4 is 0 Å². The molecule has 0 amide bonds. The average molecular weight is 431 g/mol. The van der Waals surface area contributed by atoms with Gasteiger partial charge in [0.2, 0.25) is 10.0 Å². The van der Waals surface area contributed by atoms with Crippen LogP contribution in [0.4, 0.5) is 8.78 Å². The largest absolute Gasteiger partial charge is 0.369 e. The van der Waals surface area contributed by atoms with Crippen LogP contribution in [0.1, 0.15) is 17.4 Å². The number of aryl methyl sites for hydroxylation is 1. The molecule has 1 aliphatic rings. The van der Waals surface area contributed by atoms with E-state index in [2.05, 4.69) is 9.97 Å². The summed E-state index contributed by atoms with van der Waals surface area (Å²) in [5.41, 5.74) is 1.82. The Hall–Kier alpha value is -2.75. The maximum absolute atomic E-state index is 13.9. The standard InChI is InChI=1S/C21H19F2N3O3S/c1-14-5-6-17(10-18(14)23)30(27,28)26-7-8-29-21(13-26)20-12-24-11-19(25-20)15-3-2-4-16(22)9-15/h2-6,9-12,21H,7-8,13H2,1H3/t21-/m0/s1. The lowest BCUT2D eigenvalue weighted by atomic mass is 10.1. The van der Waals surface area contributed by atoms with Gasteiger partial charge >= 0.3 is 0 Å². The minimum Gasteiger partial charge on any atom is -0.369 e. The first kappa shape index (κ1) is 20.5. The smallest absolute Gasteiger partial charge is 0.243 e. The molecule has 1 saturated heterocycles. The third-order valence-electron chi connectivity index (χ3n) is 4.91. The number of ether oxygens (including phenoxy) is 1. The van der Waals surface area contributed by atoms with Gasteiger partial charge in [-0.3, -0.25) is 4.98 Å². The van der Waals surface area contributed by atoms with Gasteiger partial charge in [0.15, 0.2) is 0 Å². The zero-order valence-electron chi connectivity index (χ0n) is 16.1. The van der Waals surface area contributed by atoms with Gasteiger partial charge in [-0.05, 0) is 36.8 Å². The van der Waals surface area contributed by atoms with Gasteiger partial charge in [-0.2, -0.15) is 4.31 Å². The van der Waals surface area contributed by atoms with Gasteiger partial charge in [0.1, 0.15) is 17.7 Å². The first-order valence-corrected chi connectivity index (χ1v) is 10.7. The second-order valence-electron chi connectivity index (χ2n) is 6.97. The summed E-state index contributed by atoms with van der Waals surface area (Å²) in [6.45, 7) is 1.88. The number of rotatable bonds is 4. The Morgan fingerprint density at radius 1 is 1.13 bits per heavy atom. The number of hydrogen-bond donors (Lipinski definition) is 0. The molecule has 0 aliphatic carbocycles. The summed E-state index contributed by atoms with van der Waals surface area (Å²) in [7, 11) is -3.89. The highest BCUT2D eigenvalue weighted by molar-refractivity contribution is 7.89. The van der Waals surface area contributed by atoms with Crippen molar-refractivity contribution in [2.45, 2.75) is 17.9 Å². The van der Waals surface area contributed by atoms with Crippen LogP contribution in [0.3, 0.4) is 0 Å². The fraction of sp³-hybridized carbons (Fsp3) is 0.238. The molecule has 30 heavy (non-hydrogen) atoms. The summed E-state index contributed by atoms with van der Waals surface area (Å²) in [5.74, 6) is -0.967. The third kappa shape index (κ3) is 4.09. The summed E-state index contributed by atoms with van der Waals surface area (Å²) in [5, 5.41) is 0. The average Bonchev–Trinajstić information content (AvgIpc) is 2.76. The van der Waals surface area contributed by atoms with E-state index in [4.69, 9.17) is 4.74 Å². The highest BCUT2D eigenvalue weighted by Crippen LogP contribution is 2.27. The number of aromatic nitrogens is 2. The molecule has 0 bridgehead atoms. The van der Waals surface area contributed by atoms with E-state index in [1.54, 1.807) is 19.1 Å². The first-order chi connectivity index (χ1) is 14.3. The van der Waals surface area contributed by atoms with Crippen molar-refractivity contribution in [3.63, 3.8) is 0 Å². The summed E-state index contributed by atoms with van der Waals surface area (Å²) in [4.78, 5) is 8.53. The van der Waals surface area contributed by atoms with E-state index in [9.17, 15) is 17.2 Å². The highest BCUT2D eigenvalue weighted by Gasteiger charge is 2.32. The monoisotopic (exact) mass is 431 g/mol. The van der Waals surface area contributed by atoms with E-state index in [0.717, 1.165) is 6.07 Å². The number of sulfonamides is 1. The Bertz CT molecular complexity index is 1190. The summed E-state index contributed by atoms with van der Waals surface area (Å²) < 4.78 is 60.4. The van der Waals surface area contributed by atoms with Gasteiger partial charge in [0.25, 0.3) is 0 Å². The van der Waals surface area contributed by atoms with Crippen LogP contribution in [0.2, 0.25) is 0 Å². The number of nitrogens with zero attached hydrogens (tertiary/aromatic N) is 3. The number of benzene rings is 2. The summed E-state index contributed by atoms with van der Waals surface area (Å²) in [6, 6.07) is 9.82. The molecule has 1 fully saturated rings. The van der Waals surface area contributed by atoms with E-state index < -0.39 is 27.8 Å². The molecule has 0 saturated carbocycles. The molecular formula is C21H19F2N3O3S. The fourth-order valence-corrected chi connectivity index (χ4v) is 4.67. The summed E-state index contributed by atoms with van der Waals surface area (Å²) in [6.07, 6.45) is 2.35. The minimum atomic E-state index is -3.89. The molecule has 1 aliphatic heterocycles. The van der Waals surface area contributed by atoms with Crippen LogP contribution in [-0.4, -0.2) is 42.4 Å². The van der Waals surface area contributed by atoms with Crippen LogP contribution in [-0.2, 0) is 14.8 Å². The SMILES string of the molecule is Cc1ccc(S(=O)(=O)N2CCO[C@H](c3cncc(-c4cccc(F)c4)n3)C2)cc1F. The van der Waals surface area contributed by atoms with E-state index in [1.165, 1.54) is 41.0 Å². The molecule has 9 heteroatoms. The molecule has 156 valence electrons. The van der Waals surface area contributed by atoms with E-state index in [-0.39, 0.29) is 24.6 Å². The molecule has 6 nitrogen and oxygen atoms in total. The molecule has 0 radical (unpaired) electrons. The molecular weight excluding hydrogens is 412 g/mol. The molecule has 0 spiro atoms. The Morgan fingerprint density at radius 2 is 1.97 bits per heavy atom. The van der Waals surface area contributed by atoms with Crippen molar-refractivity contribution >= 4 is 10.0 Å². The van der Waals surface area contributed by atoms with Crippen molar-refractivity contribution in [3.8, 4) is 11.3 Å². The molecule has 3 aromatic rings. The van der Waals surface area contributed by atoms with Gasteiger partial charge in [0.05, 0.1) is 35.3 Å². The lowest BCUT2D eigenvalue weighted by Gasteiger charge is -2.31. The van der Waals surface area contributed by atoms with Crippen molar-refractivity contribution in [2.75, 3.05) is 19.7 Å². The minimum absolute atomic E-state index is 0.0130. The maximum Gasteiger partial charge on any atom is 0.243 e. The Labute approximate surface area is 173 Å². The number of hydrogen-bond acceptors (Lipinski definition) is 5. The Kier molecular flexibility index (Phi) is 5.59. The van der Waals surface area contributed by atoms with Crippen LogP contribution in [0.25, 0.3) is 11.3 Å². The van der Waals surface area contributed by atoms with E-state index in [0.29, 0.717) is 22.5 Å². The van der Waals surface area contributed by atoms with Gasteiger partial charge < -0.3 is 4.74 Å². The van der Waals surface area contributed by atoms with E-state index >= 15 is 0 Å². The van der Waals surface area contributed by atoms with Crippen LogP contribution >= 0.6 is 0 Å². The van der Waals surface area contributed by atoms with Crippen molar-refractivity contribution < 1.29 is 21.9 Å². The maximum atomic E-state index is 13.9. The topological polar surface area (TPSA) is 72.4 Å². The normalized spacial score (nSPS) is 17.8. The summed E-state index contributed by atoms with van der Waals surface area (Å²) >= 11 is 0. The van der Waals surface area contributed by atoms with Gasteiger partial charge in [0, 0.05) is 18.7 Å². The highest BCUT2D eigenvalue weighted by atomic mass is 32.2. The Balaban J connectivity index is 1.60. The van der Waals surface area contributed by atoms with Crippen molar-refractivity contribution in [2.24, 2.45) is 0 Å². The molecule has 0 N–H and O–H groups in total. The molecule has 2 heterocycles. The number of morpholine rings is 1. The van der Waals surface area contributed by atoms with Crippen molar-refractivity contribution in [3.05, 3.63) is 77.8 Å². The van der Waals surface area contributed by atoms with E-state index in [1.807, 2.05) is 0 Å². The Morgan fingerprint density at radius 3 is 2.73 bits per heavy atom. The van der Waals surface area contributed by atoms with Gasteiger partial charge in [-0.15, -0.1) is 0 Å². The third-order valence-corrected chi connectivity index (χ3v) is 6.77. The zero-order valence-corrected chi connectivity index (χ0v) is 16.9. The number of halogens is 2. The van der Waals surface area contributed by atoms with Crippen molar-refractivity contribution in [1.29, 1.82) is 0 Å². The first-order valence-electron chi connectivity index (χ1n) is 9.30. The van der Waals surface area contributed by atoms with Crippen LogP contribution in [0, 0.1) is 18.6 Å². The zero-order chi connectivity index (χ0) is 21.3. The fourth-order valence-electron chi connectivity index (χ4n) is 3.23. The molecule has 4 rings (SSSR count). The lowest BCUT2D eigenvalue weighted by Crippen LogP contribution is -2.42. The molecule has 1 atom stereocenters. The predicted molar refractivity (Wildman–Crippen MR) is 106 cm³/mol. The second kappa shape index (κ2) is 8.17. The van der Waals surface area contributed by atoms with Crippen molar-refractivity contribution in [1.82, 2.24) is 14.3 Å². The molecule has 0 unspecified atom stereocenters. The van der Waals surface area contributed by atoms with Crippen LogP contribution in [0.15, 0.2) is 59.8 Å². The molecule has 2 aromatic carbocycles. The molecule has 1 aromatic heterocycles. The second-order valence-corrected chi connectivity index (χ2v) is 8.91. The van der Waals surface area contributed by atoms with Gasteiger partial charge in [-0.1, -0.05) is 18.2 Å². The lowest BCUT2D eigenvalue weighted by molar-refractivity contribution is -0.00508. The van der Waals surface area contributed by atoms with Crippen LogP contribution in [0.5, 0.6) is 0 Å². The van der Waals surface area contributed by atoms with Gasteiger partial charge in [-0.25, -0.2) is 22.2 Å².